The van der Waals surface area contributed by atoms with Gasteiger partial charge in [-0.3, -0.25) is 9.69 Å². The number of amides is 1. The van der Waals surface area contributed by atoms with Crippen LogP contribution in [0.5, 0.6) is 0 Å². The molecule has 1 amide bonds. The summed E-state index contributed by atoms with van der Waals surface area (Å²) in [6.45, 7) is 8.13. The number of nitrogens with one attached hydrogen (secondary N) is 1. The third-order valence-electron chi connectivity index (χ3n) is 2.73. The van der Waals surface area contributed by atoms with E-state index in [9.17, 15) is 4.79 Å². The van der Waals surface area contributed by atoms with Gasteiger partial charge in [0.1, 0.15) is 0 Å². The summed E-state index contributed by atoms with van der Waals surface area (Å²) >= 11 is 1.46. The molecule has 0 aliphatic carbocycles. The number of thiazole rings is 1. The Morgan fingerprint density at radius 1 is 1.72 bits per heavy atom. The number of aromatic nitrogens is 1. The molecule has 1 aromatic rings. The summed E-state index contributed by atoms with van der Waals surface area (Å²) in [7, 11) is 0. The highest BCUT2D eigenvalue weighted by molar-refractivity contribution is 7.14. The molecule has 5 heteroatoms. The Morgan fingerprint density at radius 3 is 3.28 bits per heavy atom. The van der Waals surface area contributed by atoms with Crippen LogP contribution in [0.25, 0.3) is 5.57 Å². The van der Waals surface area contributed by atoms with Gasteiger partial charge in [-0.25, -0.2) is 4.98 Å². The number of hydrogen-bond acceptors (Lipinski definition) is 4. The number of rotatable bonds is 4. The topological polar surface area (TPSA) is 45.2 Å². The van der Waals surface area contributed by atoms with Crippen LogP contribution >= 0.6 is 11.3 Å². The van der Waals surface area contributed by atoms with E-state index in [1.165, 1.54) is 23.8 Å². The van der Waals surface area contributed by atoms with Gasteiger partial charge in [-0.2, -0.15) is 0 Å². The van der Waals surface area contributed by atoms with Crippen molar-refractivity contribution in [3.63, 3.8) is 0 Å². The van der Waals surface area contributed by atoms with Crippen LogP contribution in [0.2, 0.25) is 0 Å². The van der Waals surface area contributed by atoms with Crippen molar-refractivity contribution < 1.29 is 4.79 Å². The average molecular weight is 263 g/mol. The van der Waals surface area contributed by atoms with Gasteiger partial charge < -0.3 is 5.32 Å². The first-order chi connectivity index (χ1) is 8.69. The van der Waals surface area contributed by atoms with Gasteiger partial charge >= 0.3 is 0 Å². The molecule has 4 nitrogen and oxygen atoms in total. The van der Waals surface area contributed by atoms with Crippen molar-refractivity contribution in [2.45, 2.75) is 13.3 Å². The second-order valence-electron chi connectivity index (χ2n) is 4.26. The lowest BCUT2D eigenvalue weighted by molar-refractivity contribution is -0.114. The molecule has 0 radical (unpaired) electrons. The molecule has 1 N–H and O–H groups in total. The number of carbonyl (C=O) groups excluding carboxylic acids is 1. The molecular formula is C13H17N3OS. The Morgan fingerprint density at radius 2 is 2.56 bits per heavy atom. The first kappa shape index (κ1) is 13.0. The summed E-state index contributed by atoms with van der Waals surface area (Å²) < 4.78 is 0. The fourth-order valence-electron chi connectivity index (χ4n) is 1.96. The van der Waals surface area contributed by atoms with E-state index >= 15 is 0 Å². The zero-order chi connectivity index (χ0) is 13.0. The van der Waals surface area contributed by atoms with Crippen molar-refractivity contribution in [2.24, 2.45) is 0 Å². The number of anilines is 1. The normalized spacial score (nSPS) is 16.2. The van der Waals surface area contributed by atoms with E-state index in [1.807, 2.05) is 11.5 Å². The van der Waals surface area contributed by atoms with Crippen LogP contribution in [0.1, 0.15) is 19.0 Å². The van der Waals surface area contributed by atoms with Crippen LogP contribution < -0.4 is 5.32 Å². The second kappa shape index (κ2) is 5.93. The molecule has 0 unspecified atom stereocenters. The largest absolute Gasteiger partial charge is 0.302 e. The summed E-state index contributed by atoms with van der Waals surface area (Å²) in [5.74, 6) is -0.0817. The third-order valence-corrected chi connectivity index (χ3v) is 3.49. The Labute approximate surface area is 111 Å². The van der Waals surface area contributed by atoms with Crippen LogP contribution in [-0.2, 0) is 4.79 Å². The Hall–Kier alpha value is -1.46. The van der Waals surface area contributed by atoms with Gasteiger partial charge in [0.2, 0.25) is 5.91 Å². The lowest BCUT2D eigenvalue weighted by Crippen LogP contribution is -2.29. The molecule has 0 saturated heterocycles. The molecule has 2 heterocycles. The van der Waals surface area contributed by atoms with Crippen molar-refractivity contribution in [1.29, 1.82) is 0 Å². The highest BCUT2D eigenvalue weighted by atomic mass is 32.1. The summed E-state index contributed by atoms with van der Waals surface area (Å²) in [5.41, 5.74) is 2.20. The Bertz CT molecular complexity index is 478. The van der Waals surface area contributed by atoms with Crippen LogP contribution in [0.4, 0.5) is 5.13 Å². The van der Waals surface area contributed by atoms with Crippen LogP contribution in [0.3, 0.4) is 0 Å². The van der Waals surface area contributed by atoms with Crippen LogP contribution in [0.15, 0.2) is 24.1 Å². The van der Waals surface area contributed by atoms with Gasteiger partial charge in [0, 0.05) is 31.9 Å². The van der Waals surface area contributed by atoms with Gasteiger partial charge in [-0.15, -0.1) is 17.9 Å². The van der Waals surface area contributed by atoms with E-state index in [0.717, 1.165) is 31.7 Å². The molecule has 0 spiro atoms. The molecule has 1 aliphatic rings. The molecule has 18 heavy (non-hydrogen) atoms. The Balaban J connectivity index is 2.06. The van der Waals surface area contributed by atoms with Crippen molar-refractivity contribution in [3.05, 3.63) is 29.8 Å². The van der Waals surface area contributed by atoms with E-state index in [0.29, 0.717) is 5.13 Å². The molecule has 0 aromatic carbocycles. The van der Waals surface area contributed by atoms with E-state index in [-0.39, 0.29) is 5.91 Å². The molecule has 0 atom stereocenters. The van der Waals surface area contributed by atoms with Crippen molar-refractivity contribution in [2.75, 3.05) is 25.0 Å². The molecule has 1 aliphatic heterocycles. The molecule has 0 fully saturated rings. The monoisotopic (exact) mass is 263 g/mol. The van der Waals surface area contributed by atoms with Gasteiger partial charge in [0.25, 0.3) is 0 Å². The van der Waals surface area contributed by atoms with E-state index in [2.05, 4.69) is 27.9 Å². The maximum absolute atomic E-state index is 11.0. The lowest BCUT2D eigenvalue weighted by atomic mass is 10.1. The summed E-state index contributed by atoms with van der Waals surface area (Å²) in [4.78, 5) is 17.7. The molecular weight excluding hydrogens is 246 g/mol. The van der Waals surface area contributed by atoms with E-state index in [1.54, 1.807) is 0 Å². The van der Waals surface area contributed by atoms with Crippen molar-refractivity contribution in [3.8, 4) is 0 Å². The zero-order valence-electron chi connectivity index (χ0n) is 10.5. The summed E-state index contributed by atoms with van der Waals surface area (Å²) in [6.07, 6.45) is 5.19. The highest BCUT2D eigenvalue weighted by Gasteiger charge is 2.15. The maximum Gasteiger partial charge on any atom is 0.223 e. The third kappa shape index (κ3) is 3.27. The first-order valence-electron chi connectivity index (χ1n) is 5.95. The molecule has 96 valence electrons. The minimum absolute atomic E-state index is 0.0817. The van der Waals surface area contributed by atoms with Gasteiger partial charge in [0.05, 0.1) is 5.69 Å². The maximum atomic E-state index is 11.0. The van der Waals surface area contributed by atoms with Crippen molar-refractivity contribution >= 4 is 27.9 Å². The second-order valence-corrected chi connectivity index (χ2v) is 5.12. The summed E-state index contributed by atoms with van der Waals surface area (Å²) in [6, 6.07) is 0. The van der Waals surface area contributed by atoms with Crippen LogP contribution in [-0.4, -0.2) is 35.4 Å². The van der Waals surface area contributed by atoms with E-state index in [4.69, 9.17) is 0 Å². The van der Waals surface area contributed by atoms with Gasteiger partial charge in [0.15, 0.2) is 5.13 Å². The molecule has 1 aromatic heterocycles. The van der Waals surface area contributed by atoms with Gasteiger partial charge in [-0.1, -0.05) is 12.2 Å². The predicted molar refractivity (Wildman–Crippen MR) is 75.6 cm³/mol. The number of carbonyl (C=O) groups is 1. The fraction of sp³-hybridized carbons (Fsp3) is 0.385. The standard InChI is InChI=1S/C13H17N3OS/c1-3-6-16-7-4-5-11(8-16)12-9-18-13(15-12)14-10(2)17/h3,5,9H,1,4,6-8H2,2H3,(H,14,15,17). The smallest absolute Gasteiger partial charge is 0.223 e. The predicted octanol–water partition coefficient (Wildman–Crippen LogP) is 2.38. The minimum Gasteiger partial charge on any atom is -0.302 e. The zero-order valence-corrected chi connectivity index (χ0v) is 11.3. The van der Waals surface area contributed by atoms with Crippen molar-refractivity contribution in [1.82, 2.24) is 9.88 Å². The fourth-order valence-corrected chi connectivity index (χ4v) is 2.74. The molecule has 0 saturated carbocycles. The van der Waals surface area contributed by atoms with E-state index < -0.39 is 0 Å². The SMILES string of the molecule is C=CCN1CCC=C(c2csc(NC(C)=O)n2)C1. The van der Waals surface area contributed by atoms with Crippen LogP contribution in [0, 0.1) is 0 Å². The highest BCUT2D eigenvalue weighted by Crippen LogP contribution is 2.24. The lowest BCUT2D eigenvalue weighted by Gasteiger charge is -2.25. The Kier molecular flexibility index (Phi) is 4.28. The number of nitrogens with zero attached hydrogens (tertiary/aromatic N) is 2. The molecule has 0 bridgehead atoms. The quantitative estimate of drug-likeness (QED) is 0.848. The minimum atomic E-state index is -0.0817. The summed E-state index contributed by atoms with van der Waals surface area (Å²) in [5, 5.41) is 5.37. The van der Waals surface area contributed by atoms with Gasteiger partial charge in [-0.05, 0) is 12.0 Å². The molecule has 2 rings (SSSR count). The average Bonchev–Trinajstić information content (AvgIpc) is 2.77. The first-order valence-corrected chi connectivity index (χ1v) is 6.83. The number of hydrogen-bond donors (Lipinski definition) is 1.